The van der Waals surface area contributed by atoms with Crippen molar-refractivity contribution in [3.05, 3.63) is 71.6 Å². The second-order valence-corrected chi connectivity index (χ2v) is 7.97. The summed E-state index contributed by atoms with van der Waals surface area (Å²) in [5.74, 6) is -0.209. The van der Waals surface area contributed by atoms with E-state index in [1.807, 2.05) is 34.1 Å². The molecule has 0 saturated carbocycles. The van der Waals surface area contributed by atoms with E-state index >= 15 is 0 Å². The van der Waals surface area contributed by atoms with Crippen LogP contribution in [0.1, 0.15) is 31.9 Å². The molecule has 0 bridgehead atoms. The molecule has 3 nitrogen and oxygen atoms in total. The smallest absolute Gasteiger partial charge is 0.246 e. The average Bonchev–Trinajstić information content (AvgIpc) is 2.66. The Morgan fingerprint density at radius 1 is 0.963 bits per heavy atom. The zero-order valence-corrected chi connectivity index (χ0v) is 16.3. The maximum absolute atomic E-state index is 13.9. The van der Waals surface area contributed by atoms with Crippen molar-refractivity contribution in [2.45, 2.75) is 26.2 Å². The van der Waals surface area contributed by atoms with Crippen LogP contribution < -0.4 is 4.90 Å². The summed E-state index contributed by atoms with van der Waals surface area (Å²) in [6.45, 7) is 9.02. The third kappa shape index (κ3) is 4.76. The van der Waals surface area contributed by atoms with Gasteiger partial charge in [0.25, 0.3) is 0 Å². The van der Waals surface area contributed by atoms with Gasteiger partial charge in [0.1, 0.15) is 5.82 Å². The molecule has 2 aromatic rings. The highest BCUT2D eigenvalue weighted by Gasteiger charge is 2.21. The van der Waals surface area contributed by atoms with E-state index in [1.54, 1.807) is 18.2 Å². The Morgan fingerprint density at radius 3 is 2.19 bits per heavy atom. The minimum atomic E-state index is -0.212. The molecule has 27 heavy (non-hydrogen) atoms. The van der Waals surface area contributed by atoms with E-state index in [-0.39, 0.29) is 17.1 Å². The first-order valence-electron chi connectivity index (χ1n) is 9.41. The zero-order valence-electron chi connectivity index (χ0n) is 16.3. The largest absolute Gasteiger partial charge is 0.366 e. The molecule has 0 aliphatic carbocycles. The van der Waals surface area contributed by atoms with E-state index in [9.17, 15) is 9.18 Å². The number of rotatable bonds is 3. The predicted molar refractivity (Wildman–Crippen MR) is 109 cm³/mol. The molecule has 1 saturated heterocycles. The molecule has 0 spiro atoms. The summed E-state index contributed by atoms with van der Waals surface area (Å²) in [6.07, 6.45) is 3.49. The molecule has 4 heteroatoms. The Labute approximate surface area is 161 Å². The highest BCUT2D eigenvalue weighted by molar-refractivity contribution is 5.92. The standard InChI is InChI=1S/C23H27FN2O/c1-23(2,3)19-11-8-18(9-12-19)10-13-22(27)26-16-14-25(15-17-26)21-7-5-4-6-20(21)24/h4-13H,14-17H2,1-3H3. The van der Waals surface area contributed by atoms with Crippen LogP contribution in [0.25, 0.3) is 6.08 Å². The lowest BCUT2D eigenvalue weighted by atomic mass is 9.87. The van der Waals surface area contributed by atoms with Crippen LogP contribution in [0, 0.1) is 5.82 Å². The van der Waals surface area contributed by atoms with Gasteiger partial charge < -0.3 is 9.80 Å². The highest BCUT2D eigenvalue weighted by atomic mass is 19.1. The highest BCUT2D eigenvalue weighted by Crippen LogP contribution is 2.23. The second-order valence-electron chi connectivity index (χ2n) is 7.97. The van der Waals surface area contributed by atoms with E-state index in [1.165, 1.54) is 11.6 Å². The van der Waals surface area contributed by atoms with Gasteiger partial charge >= 0.3 is 0 Å². The SMILES string of the molecule is CC(C)(C)c1ccc(C=CC(=O)N2CCN(c3ccccc3F)CC2)cc1. The normalized spacial score (nSPS) is 15.4. The molecule has 0 radical (unpaired) electrons. The summed E-state index contributed by atoms with van der Waals surface area (Å²) in [5, 5.41) is 0. The molecule has 1 aliphatic rings. The molecule has 0 unspecified atom stereocenters. The lowest BCUT2D eigenvalue weighted by molar-refractivity contribution is -0.126. The number of hydrogen-bond acceptors (Lipinski definition) is 2. The molecule has 0 aromatic heterocycles. The van der Waals surface area contributed by atoms with E-state index < -0.39 is 0 Å². The molecule has 1 fully saturated rings. The van der Waals surface area contributed by atoms with Crippen LogP contribution in [0.15, 0.2) is 54.6 Å². The minimum absolute atomic E-state index is 0.00285. The molecule has 0 atom stereocenters. The topological polar surface area (TPSA) is 23.6 Å². The van der Waals surface area contributed by atoms with Crippen molar-refractivity contribution in [2.24, 2.45) is 0 Å². The fourth-order valence-electron chi connectivity index (χ4n) is 3.24. The van der Waals surface area contributed by atoms with Crippen LogP contribution in [0.2, 0.25) is 0 Å². The maximum Gasteiger partial charge on any atom is 0.246 e. The van der Waals surface area contributed by atoms with Gasteiger partial charge in [0.15, 0.2) is 0 Å². The van der Waals surface area contributed by atoms with Crippen molar-refractivity contribution in [3.8, 4) is 0 Å². The monoisotopic (exact) mass is 366 g/mol. The van der Waals surface area contributed by atoms with E-state index in [4.69, 9.17) is 0 Å². The van der Waals surface area contributed by atoms with Gasteiger partial charge in [-0.25, -0.2) is 4.39 Å². The first-order valence-corrected chi connectivity index (χ1v) is 9.41. The van der Waals surface area contributed by atoms with Gasteiger partial charge in [-0.1, -0.05) is 57.2 Å². The molecule has 2 aromatic carbocycles. The Hall–Kier alpha value is -2.62. The van der Waals surface area contributed by atoms with Crippen molar-refractivity contribution in [1.29, 1.82) is 0 Å². The number of nitrogens with zero attached hydrogens (tertiary/aromatic N) is 2. The summed E-state index contributed by atoms with van der Waals surface area (Å²) in [4.78, 5) is 16.3. The number of piperazine rings is 1. The van der Waals surface area contributed by atoms with Crippen LogP contribution >= 0.6 is 0 Å². The summed E-state index contributed by atoms with van der Waals surface area (Å²) >= 11 is 0. The predicted octanol–water partition coefficient (Wildman–Crippen LogP) is 4.49. The maximum atomic E-state index is 13.9. The quantitative estimate of drug-likeness (QED) is 0.748. The molecule has 0 N–H and O–H groups in total. The van der Waals surface area contributed by atoms with Crippen molar-refractivity contribution in [3.63, 3.8) is 0 Å². The van der Waals surface area contributed by atoms with E-state index in [0.29, 0.717) is 31.9 Å². The second kappa shape index (κ2) is 7.95. The average molecular weight is 366 g/mol. The zero-order chi connectivity index (χ0) is 19.4. The van der Waals surface area contributed by atoms with Crippen LogP contribution in [-0.4, -0.2) is 37.0 Å². The first-order chi connectivity index (χ1) is 12.8. The van der Waals surface area contributed by atoms with Crippen LogP contribution in [-0.2, 0) is 10.2 Å². The van der Waals surface area contributed by atoms with Gasteiger partial charge in [-0.2, -0.15) is 0 Å². The Morgan fingerprint density at radius 2 is 1.59 bits per heavy atom. The van der Waals surface area contributed by atoms with Gasteiger partial charge in [0, 0.05) is 32.3 Å². The van der Waals surface area contributed by atoms with Crippen LogP contribution in [0.5, 0.6) is 0 Å². The van der Waals surface area contributed by atoms with E-state index in [2.05, 4.69) is 32.9 Å². The van der Waals surface area contributed by atoms with E-state index in [0.717, 1.165) is 5.56 Å². The van der Waals surface area contributed by atoms with Crippen molar-refractivity contribution in [2.75, 3.05) is 31.1 Å². The van der Waals surface area contributed by atoms with Crippen molar-refractivity contribution < 1.29 is 9.18 Å². The number of benzene rings is 2. The number of amides is 1. The van der Waals surface area contributed by atoms with Crippen molar-refractivity contribution >= 4 is 17.7 Å². The third-order valence-corrected chi connectivity index (χ3v) is 4.98. The third-order valence-electron chi connectivity index (χ3n) is 4.98. The van der Waals surface area contributed by atoms with Gasteiger partial charge in [0.05, 0.1) is 5.69 Å². The number of hydrogen-bond donors (Lipinski definition) is 0. The molecular weight excluding hydrogens is 339 g/mol. The van der Waals surface area contributed by atoms with Crippen LogP contribution in [0.3, 0.4) is 0 Å². The van der Waals surface area contributed by atoms with Gasteiger partial charge in [-0.3, -0.25) is 4.79 Å². The fourth-order valence-corrected chi connectivity index (χ4v) is 3.24. The number of halogens is 1. The summed E-state index contributed by atoms with van der Waals surface area (Å²) in [7, 11) is 0. The number of carbonyl (C=O) groups is 1. The molecule has 1 heterocycles. The Balaban J connectivity index is 1.56. The lowest BCUT2D eigenvalue weighted by Gasteiger charge is -2.35. The minimum Gasteiger partial charge on any atom is -0.366 e. The summed E-state index contributed by atoms with van der Waals surface area (Å²) < 4.78 is 13.9. The Kier molecular flexibility index (Phi) is 5.64. The molecule has 3 rings (SSSR count). The van der Waals surface area contributed by atoms with Gasteiger partial charge in [0.2, 0.25) is 5.91 Å². The number of anilines is 1. The molecule has 142 valence electrons. The molecular formula is C23H27FN2O. The molecule has 1 amide bonds. The molecule has 1 aliphatic heterocycles. The number of para-hydroxylation sites is 1. The van der Waals surface area contributed by atoms with Crippen molar-refractivity contribution in [1.82, 2.24) is 4.90 Å². The van der Waals surface area contributed by atoms with Gasteiger partial charge in [-0.05, 0) is 34.8 Å². The van der Waals surface area contributed by atoms with Crippen LogP contribution in [0.4, 0.5) is 10.1 Å². The summed E-state index contributed by atoms with van der Waals surface area (Å²) in [6, 6.07) is 15.1. The number of carbonyl (C=O) groups excluding carboxylic acids is 1. The lowest BCUT2D eigenvalue weighted by Crippen LogP contribution is -2.48. The summed E-state index contributed by atoms with van der Waals surface area (Å²) in [5.41, 5.74) is 3.02. The van der Waals surface area contributed by atoms with Gasteiger partial charge in [-0.15, -0.1) is 0 Å². The fraction of sp³-hybridized carbons (Fsp3) is 0.348. The first kappa shape index (κ1) is 19.2. The Bertz CT molecular complexity index is 813.